The van der Waals surface area contributed by atoms with E-state index < -0.39 is 0 Å². The summed E-state index contributed by atoms with van der Waals surface area (Å²) in [5.74, 6) is 1.62. The minimum atomic E-state index is 0. The predicted molar refractivity (Wildman–Crippen MR) is 98.3 cm³/mol. The van der Waals surface area contributed by atoms with E-state index in [0.29, 0.717) is 11.8 Å². The molecule has 1 aromatic heterocycles. The lowest BCUT2D eigenvalue weighted by Crippen LogP contribution is -2.39. The average molecular weight is 355 g/mol. The molecule has 2 heterocycles. The van der Waals surface area contributed by atoms with E-state index in [1.54, 1.807) is 11.8 Å². The first-order chi connectivity index (χ1) is 10.6. The fourth-order valence-electron chi connectivity index (χ4n) is 2.72. The van der Waals surface area contributed by atoms with Gasteiger partial charge in [-0.25, -0.2) is 4.98 Å². The molecule has 0 spiro atoms. The maximum absolute atomic E-state index is 12.3. The van der Waals surface area contributed by atoms with Crippen molar-refractivity contribution >= 4 is 41.1 Å². The van der Waals surface area contributed by atoms with Gasteiger partial charge in [-0.1, -0.05) is 12.1 Å². The van der Waals surface area contributed by atoms with Crippen molar-refractivity contribution in [2.45, 2.75) is 24.6 Å². The second kappa shape index (κ2) is 8.04. The fraction of sp³-hybridized carbons (Fsp3) is 0.500. The Morgan fingerprint density at radius 1 is 1.48 bits per heavy atom. The molecule has 7 heteroatoms. The number of likely N-dealkylation sites (N-methyl/N-ethyl adjacent to an activating group) is 1. The largest absolute Gasteiger partial charge is 0.341 e. The molecule has 1 amide bonds. The van der Waals surface area contributed by atoms with Gasteiger partial charge in [0.15, 0.2) is 0 Å². The first kappa shape index (κ1) is 18.1. The summed E-state index contributed by atoms with van der Waals surface area (Å²) in [6.07, 6.45) is 1.05. The maximum atomic E-state index is 12.3. The Morgan fingerprint density at radius 3 is 2.96 bits per heavy atom. The molecule has 1 fully saturated rings. The molecule has 2 atom stereocenters. The molecule has 0 aliphatic carbocycles. The number of rotatable bonds is 5. The number of nitrogens with one attached hydrogen (secondary N) is 2. The number of para-hydroxylation sites is 2. The number of aromatic amines is 1. The van der Waals surface area contributed by atoms with Crippen molar-refractivity contribution in [1.29, 1.82) is 0 Å². The van der Waals surface area contributed by atoms with Crippen LogP contribution in [0.5, 0.6) is 0 Å². The topological polar surface area (TPSA) is 61.0 Å². The highest BCUT2D eigenvalue weighted by Crippen LogP contribution is 2.28. The van der Waals surface area contributed by atoms with Crippen LogP contribution in [0.3, 0.4) is 0 Å². The van der Waals surface area contributed by atoms with Crippen LogP contribution in [-0.4, -0.2) is 52.7 Å². The third kappa shape index (κ3) is 4.19. The van der Waals surface area contributed by atoms with Crippen molar-refractivity contribution < 1.29 is 4.79 Å². The maximum Gasteiger partial charge on any atom is 0.232 e. The van der Waals surface area contributed by atoms with E-state index in [1.807, 2.05) is 36.2 Å². The smallest absolute Gasteiger partial charge is 0.232 e. The van der Waals surface area contributed by atoms with Gasteiger partial charge in [-0.05, 0) is 32.0 Å². The molecule has 0 bridgehead atoms. The summed E-state index contributed by atoms with van der Waals surface area (Å²) in [6, 6.07) is 8.35. The number of thioether (sulfide) groups is 1. The molecule has 23 heavy (non-hydrogen) atoms. The van der Waals surface area contributed by atoms with Gasteiger partial charge in [-0.15, -0.1) is 24.2 Å². The van der Waals surface area contributed by atoms with Gasteiger partial charge in [-0.3, -0.25) is 4.79 Å². The van der Waals surface area contributed by atoms with E-state index in [4.69, 9.17) is 0 Å². The summed E-state index contributed by atoms with van der Waals surface area (Å²) in [4.78, 5) is 22.1. The monoisotopic (exact) mass is 354 g/mol. The average Bonchev–Trinajstić information content (AvgIpc) is 3.20. The molecule has 2 unspecified atom stereocenters. The Morgan fingerprint density at radius 2 is 2.26 bits per heavy atom. The molecule has 1 saturated heterocycles. The van der Waals surface area contributed by atoms with E-state index in [0.717, 1.165) is 36.4 Å². The predicted octanol–water partition coefficient (Wildman–Crippen LogP) is 2.60. The molecule has 1 aliphatic heterocycles. The highest BCUT2D eigenvalue weighted by molar-refractivity contribution is 8.00. The van der Waals surface area contributed by atoms with Crippen LogP contribution in [0.1, 0.15) is 24.4 Å². The highest BCUT2D eigenvalue weighted by atomic mass is 35.5. The van der Waals surface area contributed by atoms with Crippen molar-refractivity contribution in [3.8, 4) is 0 Å². The molecule has 2 N–H and O–H groups in total. The van der Waals surface area contributed by atoms with Gasteiger partial charge in [0.05, 0.1) is 22.0 Å². The van der Waals surface area contributed by atoms with Crippen LogP contribution >= 0.6 is 24.2 Å². The highest BCUT2D eigenvalue weighted by Gasteiger charge is 2.23. The zero-order chi connectivity index (χ0) is 15.5. The zero-order valence-corrected chi connectivity index (χ0v) is 15.0. The number of halogens is 1. The number of amides is 1. The van der Waals surface area contributed by atoms with Crippen molar-refractivity contribution in [1.82, 2.24) is 20.2 Å². The minimum absolute atomic E-state index is 0. The lowest BCUT2D eigenvalue weighted by Gasteiger charge is -2.24. The first-order valence-corrected chi connectivity index (χ1v) is 8.72. The summed E-state index contributed by atoms with van der Waals surface area (Å²) in [5, 5.41) is 3.47. The standard InChI is InChI=1S/C16H22N4OS.ClH/c1-11(16-18-13-5-3-4-6-14(13)19-16)22-10-15(21)20(2)12-7-8-17-9-12;/h3-6,11-12,17H,7-10H2,1-2H3,(H,18,19);1H. The van der Waals surface area contributed by atoms with E-state index >= 15 is 0 Å². The van der Waals surface area contributed by atoms with E-state index in [1.165, 1.54) is 0 Å². The van der Waals surface area contributed by atoms with Gasteiger partial charge >= 0.3 is 0 Å². The van der Waals surface area contributed by atoms with Crippen LogP contribution in [0, 0.1) is 0 Å². The van der Waals surface area contributed by atoms with Crippen LogP contribution in [0.2, 0.25) is 0 Å². The summed E-state index contributed by atoms with van der Waals surface area (Å²) < 4.78 is 0. The minimum Gasteiger partial charge on any atom is -0.341 e. The Bertz CT molecular complexity index is 623. The van der Waals surface area contributed by atoms with Gasteiger partial charge in [0, 0.05) is 19.6 Å². The third-order valence-electron chi connectivity index (χ3n) is 4.22. The third-order valence-corrected chi connectivity index (χ3v) is 5.36. The van der Waals surface area contributed by atoms with Gasteiger partial charge in [0.2, 0.25) is 5.91 Å². The molecule has 126 valence electrons. The Hall–Kier alpha value is -1.24. The van der Waals surface area contributed by atoms with Gasteiger partial charge in [-0.2, -0.15) is 0 Å². The molecular weight excluding hydrogens is 332 g/mol. The van der Waals surface area contributed by atoms with Crippen molar-refractivity contribution in [3.63, 3.8) is 0 Å². The second-order valence-electron chi connectivity index (χ2n) is 5.74. The fourth-order valence-corrected chi connectivity index (χ4v) is 3.58. The van der Waals surface area contributed by atoms with Gasteiger partial charge in [0.1, 0.15) is 5.82 Å². The number of nitrogens with zero attached hydrogens (tertiary/aromatic N) is 2. The molecule has 3 rings (SSSR count). The van der Waals surface area contributed by atoms with Crippen LogP contribution in [0.15, 0.2) is 24.3 Å². The molecular formula is C16H23ClN4OS. The number of hydrogen-bond donors (Lipinski definition) is 2. The Kier molecular flexibility index (Phi) is 6.33. The number of carbonyl (C=O) groups excluding carboxylic acids is 1. The summed E-state index contributed by atoms with van der Waals surface area (Å²) in [5.41, 5.74) is 2.02. The van der Waals surface area contributed by atoms with Crippen molar-refractivity contribution in [2.24, 2.45) is 0 Å². The Labute approximate surface area is 147 Å². The SMILES string of the molecule is CC(SCC(=O)N(C)C1CCNC1)c1nc2ccccc2[nH]1.Cl. The van der Waals surface area contributed by atoms with E-state index in [2.05, 4.69) is 22.2 Å². The first-order valence-electron chi connectivity index (χ1n) is 7.68. The summed E-state index contributed by atoms with van der Waals surface area (Å²) >= 11 is 1.63. The molecule has 0 saturated carbocycles. The van der Waals surface area contributed by atoms with Crippen molar-refractivity contribution in [3.05, 3.63) is 30.1 Å². The van der Waals surface area contributed by atoms with Crippen LogP contribution in [0.25, 0.3) is 11.0 Å². The van der Waals surface area contributed by atoms with E-state index in [-0.39, 0.29) is 23.6 Å². The number of H-pyrrole nitrogens is 1. The number of hydrogen-bond acceptors (Lipinski definition) is 4. The molecule has 1 aliphatic rings. The zero-order valence-electron chi connectivity index (χ0n) is 13.4. The van der Waals surface area contributed by atoms with Crippen LogP contribution < -0.4 is 5.32 Å². The number of carbonyl (C=O) groups is 1. The van der Waals surface area contributed by atoms with Gasteiger partial charge < -0.3 is 15.2 Å². The quantitative estimate of drug-likeness (QED) is 0.866. The van der Waals surface area contributed by atoms with E-state index in [9.17, 15) is 4.79 Å². The number of benzene rings is 1. The lowest BCUT2D eigenvalue weighted by molar-refractivity contribution is -0.128. The molecule has 1 aromatic carbocycles. The number of imidazole rings is 1. The molecule has 5 nitrogen and oxygen atoms in total. The molecule has 2 aromatic rings. The normalized spacial score (nSPS) is 18.6. The lowest BCUT2D eigenvalue weighted by atomic mass is 10.2. The van der Waals surface area contributed by atoms with Gasteiger partial charge in [0.25, 0.3) is 0 Å². The summed E-state index contributed by atoms with van der Waals surface area (Å²) in [7, 11) is 1.91. The molecule has 0 radical (unpaired) electrons. The second-order valence-corrected chi connectivity index (χ2v) is 7.07. The van der Waals surface area contributed by atoms with Crippen LogP contribution in [-0.2, 0) is 4.79 Å². The van der Waals surface area contributed by atoms with Crippen molar-refractivity contribution in [2.75, 3.05) is 25.9 Å². The number of fused-ring (bicyclic) bond motifs is 1. The van der Waals surface area contributed by atoms with Crippen LogP contribution in [0.4, 0.5) is 0 Å². The Balaban J connectivity index is 0.00000192. The number of aromatic nitrogens is 2. The summed E-state index contributed by atoms with van der Waals surface area (Å²) in [6.45, 7) is 4.00.